The monoisotopic (exact) mass is 502 g/mol. The van der Waals surface area contributed by atoms with Crippen molar-refractivity contribution in [3.8, 4) is 0 Å². The molecule has 1 saturated heterocycles. The van der Waals surface area contributed by atoms with Gasteiger partial charge in [0, 0.05) is 12.5 Å². The van der Waals surface area contributed by atoms with E-state index in [9.17, 15) is 22.8 Å². The van der Waals surface area contributed by atoms with E-state index < -0.39 is 67.0 Å². The molecule has 2 aliphatic rings. The molecule has 1 aliphatic carbocycles. The SMILES string of the molecule is C=C(C)C(=O)OCC1(C)COC(OCOC2CCCCC2)(C(F)(F)F)C(F)(F)C1(C)OC(C)=O. The van der Waals surface area contributed by atoms with Crippen LogP contribution in [0, 0.1) is 5.41 Å². The molecule has 0 amide bonds. The number of rotatable bonds is 8. The first kappa shape index (κ1) is 28.4. The fourth-order valence-electron chi connectivity index (χ4n) is 4.10. The summed E-state index contributed by atoms with van der Waals surface area (Å²) in [7, 11) is 0. The van der Waals surface area contributed by atoms with E-state index in [4.69, 9.17) is 18.9 Å². The van der Waals surface area contributed by atoms with Gasteiger partial charge in [-0.25, -0.2) is 4.79 Å². The van der Waals surface area contributed by atoms with Gasteiger partial charge in [0.15, 0.2) is 12.4 Å². The Morgan fingerprint density at radius 3 is 2.18 bits per heavy atom. The van der Waals surface area contributed by atoms with Crippen molar-refractivity contribution < 1.29 is 55.2 Å². The van der Waals surface area contributed by atoms with Gasteiger partial charge in [-0.05, 0) is 26.7 Å². The van der Waals surface area contributed by atoms with E-state index in [0.29, 0.717) is 19.8 Å². The normalized spacial score (nSPS) is 32.1. The molecule has 196 valence electrons. The van der Waals surface area contributed by atoms with Gasteiger partial charge in [0.05, 0.1) is 18.1 Å². The molecule has 0 aromatic heterocycles. The molecular formula is C22H31F5O7. The third-order valence-corrected chi connectivity index (χ3v) is 6.47. The first-order valence-electron chi connectivity index (χ1n) is 10.9. The molecule has 2 rings (SSSR count). The van der Waals surface area contributed by atoms with Crippen molar-refractivity contribution in [1.29, 1.82) is 0 Å². The van der Waals surface area contributed by atoms with Gasteiger partial charge in [0.2, 0.25) is 0 Å². The van der Waals surface area contributed by atoms with E-state index in [1.807, 2.05) is 0 Å². The van der Waals surface area contributed by atoms with Gasteiger partial charge in [-0.3, -0.25) is 4.79 Å². The molecule has 0 N–H and O–H groups in total. The van der Waals surface area contributed by atoms with Crippen molar-refractivity contribution >= 4 is 11.9 Å². The van der Waals surface area contributed by atoms with Crippen LogP contribution < -0.4 is 0 Å². The summed E-state index contributed by atoms with van der Waals surface area (Å²) in [6.07, 6.45) is -2.50. The zero-order chi connectivity index (χ0) is 26.0. The predicted octanol–water partition coefficient (Wildman–Crippen LogP) is 4.68. The van der Waals surface area contributed by atoms with Gasteiger partial charge in [-0.2, -0.15) is 22.0 Å². The van der Waals surface area contributed by atoms with Crippen LogP contribution in [0.1, 0.15) is 59.8 Å². The van der Waals surface area contributed by atoms with Crippen LogP contribution in [-0.2, 0) is 33.3 Å². The first-order chi connectivity index (χ1) is 15.5. The van der Waals surface area contributed by atoms with Crippen LogP contribution in [0.2, 0.25) is 0 Å². The topological polar surface area (TPSA) is 80.3 Å². The Balaban J connectivity index is 2.42. The third kappa shape index (κ3) is 5.08. The van der Waals surface area contributed by atoms with Gasteiger partial charge in [0.25, 0.3) is 0 Å². The fraction of sp³-hybridized carbons (Fsp3) is 0.818. The fourth-order valence-corrected chi connectivity index (χ4v) is 4.10. The molecule has 2 fully saturated rings. The summed E-state index contributed by atoms with van der Waals surface area (Å²) < 4.78 is 98.8. The molecule has 0 spiro atoms. The van der Waals surface area contributed by atoms with Crippen LogP contribution >= 0.6 is 0 Å². The van der Waals surface area contributed by atoms with E-state index in [0.717, 1.165) is 33.1 Å². The van der Waals surface area contributed by atoms with Crippen LogP contribution in [0.4, 0.5) is 22.0 Å². The smallest absolute Gasteiger partial charge is 0.450 e. The van der Waals surface area contributed by atoms with Crippen molar-refractivity contribution in [3.05, 3.63) is 12.2 Å². The molecule has 1 saturated carbocycles. The van der Waals surface area contributed by atoms with Crippen molar-refractivity contribution in [3.63, 3.8) is 0 Å². The number of alkyl halides is 5. The molecular weight excluding hydrogens is 471 g/mol. The van der Waals surface area contributed by atoms with Crippen LogP contribution in [-0.4, -0.2) is 61.5 Å². The molecule has 0 bridgehead atoms. The summed E-state index contributed by atoms with van der Waals surface area (Å²) in [5.74, 6) is -11.7. The van der Waals surface area contributed by atoms with E-state index >= 15 is 8.78 Å². The first-order valence-corrected chi connectivity index (χ1v) is 10.9. The zero-order valence-corrected chi connectivity index (χ0v) is 19.7. The lowest BCUT2D eigenvalue weighted by molar-refractivity contribution is -0.505. The average molecular weight is 502 g/mol. The summed E-state index contributed by atoms with van der Waals surface area (Å²) in [5.41, 5.74) is -5.30. The van der Waals surface area contributed by atoms with Crippen LogP contribution in [0.15, 0.2) is 12.2 Å². The quantitative estimate of drug-likeness (QED) is 0.206. The Bertz CT molecular complexity index is 780. The Kier molecular flexibility index (Phi) is 8.42. The lowest BCUT2D eigenvalue weighted by Crippen LogP contribution is -2.79. The van der Waals surface area contributed by atoms with E-state index in [2.05, 4.69) is 11.3 Å². The van der Waals surface area contributed by atoms with Crippen LogP contribution in [0.5, 0.6) is 0 Å². The highest BCUT2D eigenvalue weighted by molar-refractivity contribution is 5.86. The van der Waals surface area contributed by atoms with Gasteiger partial charge < -0.3 is 23.7 Å². The molecule has 34 heavy (non-hydrogen) atoms. The third-order valence-electron chi connectivity index (χ3n) is 6.47. The largest absolute Gasteiger partial charge is 0.462 e. The Hall–Kier alpha value is -1.79. The van der Waals surface area contributed by atoms with Gasteiger partial charge >= 0.3 is 29.8 Å². The predicted molar refractivity (Wildman–Crippen MR) is 108 cm³/mol. The molecule has 1 heterocycles. The number of halogens is 5. The standard InChI is InChI=1S/C22H31F5O7/c1-14(2)17(29)30-11-18(4)12-32-21(22(25,26)27,20(23,24)19(18,5)34-15(3)28)33-13-31-16-9-7-6-8-10-16/h16H,1,6-13H2,2-5H3. The molecule has 3 unspecified atom stereocenters. The lowest BCUT2D eigenvalue weighted by Gasteiger charge is -2.57. The molecule has 3 atom stereocenters. The maximum absolute atomic E-state index is 15.9. The zero-order valence-electron chi connectivity index (χ0n) is 19.7. The summed E-state index contributed by atoms with van der Waals surface area (Å²) in [6, 6.07) is 0. The number of hydrogen-bond donors (Lipinski definition) is 0. The second-order valence-corrected chi connectivity index (χ2v) is 9.21. The maximum Gasteiger partial charge on any atom is 0.450 e. The van der Waals surface area contributed by atoms with Crippen LogP contribution in [0.3, 0.4) is 0 Å². The summed E-state index contributed by atoms with van der Waals surface area (Å²) in [5, 5.41) is 0. The number of hydrogen-bond acceptors (Lipinski definition) is 7. The average Bonchev–Trinajstić information content (AvgIpc) is 2.72. The summed E-state index contributed by atoms with van der Waals surface area (Å²) in [6.45, 7) is 4.14. The molecule has 1 aliphatic heterocycles. The van der Waals surface area contributed by atoms with E-state index in [1.54, 1.807) is 0 Å². The minimum atomic E-state index is -5.75. The van der Waals surface area contributed by atoms with Crippen molar-refractivity contribution in [2.75, 3.05) is 20.0 Å². The second kappa shape index (κ2) is 10.1. The lowest BCUT2D eigenvalue weighted by atomic mass is 9.67. The summed E-state index contributed by atoms with van der Waals surface area (Å²) >= 11 is 0. The molecule has 0 radical (unpaired) electrons. The summed E-state index contributed by atoms with van der Waals surface area (Å²) in [4.78, 5) is 23.6. The Morgan fingerprint density at radius 2 is 1.68 bits per heavy atom. The Labute approximate surface area is 194 Å². The van der Waals surface area contributed by atoms with Gasteiger partial charge in [0.1, 0.15) is 6.61 Å². The molecule has 12 heteroatoms. The maximum atomic E-state index is 15.9. The highest BCUT2D eigenvalue weighted by Crippen LogP contribution is 2.60. The minimum absolute atomic E-state index is 0.0610. The minimum Gasteiger partial charge on any atom is -0.462 e. The van der Waals surface area contributed by atoms with Gasteiger partial charge in [-0.15, -0.1) is 0 Å². The molecule has 0 aromatic rings. The van der Waals surface area contributed by atoms with E-state index in [1.165, 1.54) is 6.92 Å². The Morgan fingerprint density at radius 1 is 1.09 bits per heavy atom. The number of carbonyl (C=O) groups is 2. The highest BCUT2D eigenvalue weighted by atomic mass is 19.4. The van der Waals surface area contributed by atoms with Crippen molar-refractivity contribution in [2.45, 2.75) is 89.4 Å². The number of ether oxygens (including phenoxy) is 5. The highest BCUT2D eigenvalue weighted by Gasteiger charge is 2.85. The van der Waals surface area contributed by atoms with Crippen molar-refractivity contribution in [1.82, 2.24) is 0 Å². The molecule has 7 nitrogen and oxygen atoms in total. The number of esters is 2. The van der Waals surface area contributed by atoms with Crippen LogP contribution in [0.25, 0.3) is 0 Å². The molecule has 0 aromatic carbocycles. The second-order valence-electron chi connectivity index (χ2n) is 9.21. The van der Waals surface area contributed by atoms with Crippen molar-refractivity contribution in [2.24, 2.45) is 5.41 Å². The number of carbonyl (C=O) groups excluding carboxylic acids is 2. The van der Waals surface area contributed by atoms with E-state index in [-0.39, 0.29) is 5.57 Å². The van der Waals surface area contributed by atoms with Gasteiger partial charge in [-0.1, -0.05) is 32.8 Å².